The molecule has 4 nitrogen and oxygen atoms in total. The number of carboxylic acids is 1. The largest absolute Gasteiger partial charge is 0.489 e. The zero-order chi connectivity index (χ0) is 21.1. The van der Waals surface area contributed by atoms with E-state index in [1.54, 1.807) is 13.0 Å². The Morgan fingerprint density at radius 1 is 0.933 bits per heavy atom. The monoisotopic (exact) mass is 398 g/mol. The van der Waals surface area contributed by atoms with E-state index in [1.165, 1.54) is 0 Å². The van der Waals surface area contributed by atoms with Crippen molar-refractivity contribution in [2.24, 2.45) is 0 Å². The zero-order valence-electron chi connectivity index (χ0n) is 16.6. The topological polar surface area (TPSA) is 66.8 Å². The summed E-state index contributed by atoms with van der Waals surface area (Å²) in [6.07, 6.45) is -0.926. The first-order valence-corrected chi connectivity index (χ1v) is 9.79. The van der Waals surface area contributed by atoms with Gasteiger partial charge in [0, 0.05) is 5.56 Å². The summed E-state index contributed by atoms with van der Waals surface area (Å²) in [7, 11) is 0. The van der Waals surface area contributed by atoms with Crippen molar-refractivity contribution in [3.05, 3.63) is 102 Å². The van der Waals surface area contributed by atoms with Gasteiger partial charge in [-0.2, -0.15) is 0 Å². The van der Waals surface area contributed by atoms with Crippen LogP contribution in [0.3, 0.4) is 0 Å². The minimum absolute atomic E-state index is 0.0940. The van der Waals surface area contributed by atoms with E-state index >= 15 is 0 Å². The van der Waals surface area contributed by atoms with E-state index in [0.717, 1.165) is 27.5 Å². The second-order valence-electron chi connectivity index (χ2n) is 7.22. The minimum atomic E-state index is -1.07. The first-order chi connectivity index (χ1) is 14.5. The molecule has 4 rings (SSSR count). The molecule has 4 heteroatoms. The van der Waals surface area contributed by atoms with Crippen LogP contribution in [-0.2, 0) is 6.61 Å². The fourth-order valence-corrected chi connectivity index (χ4v) is 3.76. The third kappa shape index (κ3) is 3.91. The average molecular weight is 398 g/mol. The Morgan fingerprint density at radius 3 is 2.23 bits per heavy atom. The molecule has 0 fully saturated rings. The molecule has 0 amide bonds. The summed E-state index contributed by atoms with van der Waals surface area (Å²) in [6, 6.07) is 26.7. The van der Waals surface area contributed by atoms with E-state index in [0.29, 0.717) is 17.9 Å². The molecule has 0 aliphatic heterocycles. The van der Waals surface area contributed by atoms with Crippen molar-refractivity contribution in [3.8, 4) is 16.9 Å². The third-order valence-electron chi connectivity index (χ3n) is 5.11. The molecule has 30 heavy (non-hydrogen) atoms. The van der Waals surface area contributed by atoms with Crippen LogP contribution in [0, 0.1) is 0 Å². The quantitative estimate of drug-likeness (QED) is 0.428. The lowest BCUT2D eigenvalue weighted by Crippen LogP contribution is -2.08. The molecule has 4 aromatic carbocycles. The van der Waals surface area contributed by atoms with Crippen molar-refractivity contribution in [1.29, 1.82) is 0 Å². The Hall–Kier alpha value is -3.63. The van der Waals surface area contributed by atoms with Crippen LogP contribution < -0.4 is 4.74 Å². The van der Waals surface area contributed by atoms with Gasteiger partial charge in [0.25, 0.3) is 0 Å². The lowest BCUT2D eigenvalue weighted by atomic mass is 9.87. The lowest BCUT2D eigenvalue weighted by Gasteiger charge is -2.19. The van der Waals surface area contributed by atoms with Crippen molar-refractivity contribution < 1.29 is 19.7 Å². The number of aliphatic hydroxyl groups is 1. The summed E-state index contributed by atoms with van der Waals surface area (Å²) in [5, 5.41) is 21.9. The van der Waals surface area contributed by atoms with Gasteiger partial charge in [0.1, 0.15) is 12.4 Å². The van der Waals surface area contributed by atoms with Gasteiger partial charge in [-0.05, 0) is 52.6 Å². The highest BCUT2D eigenvalue weighted by molar-refractivity contribution is 6.05. The molecule has 4 aromatic rings. The van der Waals surface area contributed by atoms with Gasteiger partial charge in [-0.1, -0.05) is 66.7 Å². The van der Waals surface area contributed by atoms with Crippen LogP contribution in [0.2, 0.25) is 0 Å². The Kier molecular flexibility index (Phi) is 5.50. The number of aliphatic hydroxyl groups excluding tert-OH is 1. The van der Waals surface area contributed by atoms with E-state index in [1.807, 2.05) is 78.9 Å². The first kappa shape index (κ1) is 19.7. The molecule has 0 spiro atoms. The molecule has 2 N–H and O–H groups in total. The molecule has 1 unspecified atom stereocenters. The van der Waals surface area contributed by atoms with Crippen molar-refractivity contribution in [1.82, 2.24) is 0 Å². The molecule has 0 radical (unpaired) electrons. The average Bonchev–Trinajstić information content (AvgIpc) is 2.77. The van der Waals surface area contributed by atoms with Gasteiger partial charge in [-0.25, -0.2) is 4.79 Å². The van der Waals surface area contributed by atoms with Crippen molar-refractivity contribution in [3.63, 3.8) is 0 Å². The molecule has 0 saturated carbocycles. The summed E-state index contributed by atoms with van der Waals surface area (Å²) in [5.74, 6) is -0.410. The maximum absolute atomic E-state index is 12.0. The van der Waals surface area contributed by atoms with Gasteiger partial charge >= 0.3 is 5.97 Å². The van der Waals surface area contributed by atoms with E-state index in [-0.39, 0.29) is 5.56 Å². The summed E-state index contributed by atoms with van der Waals surface area (Å²) in [4.78, 5) is 12.0. The Balaban J connectivity index is 1.86. The van der Waals surface area contributed by atoms with E-state index in [9.17, 15) is 15.0 Å². The second kappa shape index (κ2) is 8.39. The SMILES string of the molecule is CC(O)c1c(C(=O)O)cc2cc(OCc3ccccc3)ccc2c1-c1ccccc1. The van der Waals surface area contributed by atoms with Gasteiger partial charge in [-0.15, -0.1) is 0 Å². The molecule has 1 atom stereocenters. The van der Waals surface area contributed by atoms with Gasteiger partial charge in [0.2, 0.25) is 0 Å². The summed E-state index contributed by atoms with van der Waals surface area (Å²) in [6.45, 7) is 2.02. The van der Waals surface area contributed by atoms with Gasteiger partial charge in [-0.3, -0.25) is 0 Å². The minimum Gasteiger partial charge on any atom is -0.489 e. The zero-order valence-corrected chi connectivity index (χ0v) is 16.6. The number of benzene rings is 4. The van der Waals surface area contributed by atoms with Crippen LogP contribution in [0.15, 0.2) is 84.9 Å². The highest BCUT2D eigenvalue weighted by atomic mass is 16.5. The van der Waals surface area contributed by atoms with Crippen LogP contribution >= 0.6 is 0 Å². The smallest absolute Gasteiger partial charge is 0.336 e. The molecule has 0 aliphatic rings. The highest BCUT2D eigenvalue weighted by Crippen LogP contribution is 2.39. The van der Waals surface area contributed by atoms with Crippen molar-refractivity contribution in [2.75, 3.05) is 0 Å². The Morgan fingerprint density at radius 2 is 1.60 bits per heavy atom. The first-order valence-electron chi connectivity index (χ1n) is 9.79. The van der Waals surface area contributed by atoms with Crippen molar-refractivity contribution >= 4 is 16.7 Å². The number of hydrogen-bond donors (Lipinski definition) is 2. The molecule has 0 heterocycles. The van der Waals surface area contributed by atoms with Crippen LogP contribution in [0.25, 0.3) is 21.9 Å². The predicted molar refractivity (Wildman–Crippen MR) is 118 cm³/mol. The maximum atomic E-state index is 12.0. The van der Waals surface area contributed by atoms with E-state index < -0.39 is 12.1 Å². The molecule has 0 aliphatic carbocycles. The number of carbonyl (C=O) groups is 1. The number of aromatic carboxylic acids is 1. The Labute approximate surface area is 175 Å². The van der Waals surface area contributed by atoms with E-state index in [4.69, 9.17) is 4.74 Å². The molecule has 0 aromatic heterocycles. The highest BCUT2D eigenvalue weighted by Gasteiger charge is 2.22. The Bertz CT molecular complexity index is 1180. The van der Waals surface area contributed by atoms with Gasteiger partial charge < -0.3 is 14.9 Å². The number of carboxylic acid groups (broad SMARTS) is 1. The lowest BCUT2D eigenvalue weighted by molar-refractivity contribution is 0.0690. The summed E-state index contributed by atoms with van der Waals surface area (Å²) >= 11 is 0. The molecular formula is C26H22O4. The summed E-state index contributed by atoms with van der Waals surface area (Å²) in [5.41, 5.74) is 3.16. The van der Waals surface area contributed by atoms with Crippen LogP contribution in [-0.4, -0.2) is 16.2 Å². The molecule has 0 saturated heterocycles. The van der Waals surface area contributed by atoms with Crippen LogP contribution in [0.1, 0.15) is 34.5 Å². The van der Waals surface area contributed by atoms with E-state index in [2.05, 4.69) is 0 Å². The number of hydrogen-bond acceptors (Lipinski definition) is 3. The molecular weight excluding hydrogens is 376 g/mol. The predicted octanol–water partition coefficient (Wildman–Crippen LogP) is 5.84. The standard InChI is InChI=1S/C26H22O4/c1-17(27)24-23(26(28)29)15-20-14-21(30-16-18-8-4-2-5-9-18)12-13-22(20)25(24)19-10-6-3-7-11-19/h2-15,17,27H,16H2,1H3,(H,28,29). The fraction of sp³-hybridized carbons (Fsp3) is 0.115. The van der Waals surface area contributed by atoms with Gasteiger partial charge in [0.05, 0.1) is 11.7 Å². The maximum Gasteiger partial charge on any atom is 0.336 e. The number of rotatable bonds is 6. The normalized spacial score (nSPS) is 11.9. The van der Waals surface area contributed by atoms with Crippen molar-refractivity contribution in [2.45, 2.75) is 19.6 Å². The van der Waals surface area contributed by atoms with Gasteiger partial charge in [0.15, 0.2) is 0 Å². The third-order valence-corrected chi connectivity index (χ3v) is 5.11. The van der Waals surface area contributed by atoms with Crippen LogP contribution in [0.5, 0.6) is 5.75 Å². The number of fused-ring (bicyclic) bond motifs is 1. The summed E-state index contributed by atoms with van der Waals surface area (Å²) < 4.78 is 5.93. The molecule has 0 bridgehead atoms. The fourth-order valence-electron chi connectivity index (χ4n) is 3.76. The number of ether oxygens (including phenoxy) is 1. The molecule has 150 valence electrons. The van der Waals surface area contributed by atoms with Crippen LogP contribution in [0.4, 0.5) is 0 Å². The second-order valence-corrected chi connectivity index (χ2v) is 7.22.